The normalized spacial score (nSPS) is 18.7. The molecule has 0 bridgehead atoms. The second kappa shape index (κ2) is 8.54. The Kier molecular flexibility index (Phi) is 6.40. The van der Waals surface area contributed by atoms with E-state index in [4.69, 9.17) is 9.47 Å². The summed E-state index contributed by atoms with van der Waals surface area (Å²) in [5.41, 5.74) is 0.971. The molecule has 1 aliphatic heterocycles. The maximum atomic E-state index is 11.9. The van der Waals surface area contributed by atoms with Crippen molar-refractivity contribution in [1.29, 1.82) is 0 Å². The van der Waals surface area contributed by atoms with Crippen molar-refractivity contribution >= 4 is 11.9 Å². The van der Waals surface area contributed by atoms with E-state index in [0.717, 1.165) is 24.9 Å². The number of likely N-dealkylation sites (tertiary alicyclic amines) is 1. The summed E-state index contributed by atoms with van der Waals surface area (Å²) in [6, 6.07) is 9.60. The molecule has 5 heteroatoms. The Hall–Kier alpha value is -1.88. The van der Waals surface area contributed by atoms with Gasteiger partial charge < -0.3 is 9.47 Å². The van der Waals surface area contributed by atoms with Crippen LogP contribution in [-0.2, 0) is 25.7 Å². The maximum absolute atomic E-state index is 11.9. The molecule has 0 unspecified atom stereocenters. The monoisotopic (exact) mass is 305 g/mol. The van der Waals surface area contributed by atoms with Crippen LogP contribution in [-0.4, -0.2) is 43.1 Å². The largest absolute Gasteiger partial charge is 0.466 e. The molecule has 1 aliphatic rings. The van der Waals surface area contributed by atoms with Crippen molar-refractivity contribution in [3.05, 3.63) is 35.9 Å². The first-order valence-electron chi connectivity index (χ1n) is 7.77. The van der Waals surface area contributed by atoms with Gasteiger partial charge in [0.1, 0.15) is 6.61 Å². The van der Waals surface area contributed by atoms with Crippen molar-refractivity contribution in [3.8, 4) is 0 Å². The first-order valence-corrected chi connectivity index (χ1v) is 7.77. The van der Waals surface area contributed by atoms with Crippen molar-refractivity contribution in [1.82, 2.24) is 4.90 Å². The molecule has 0 aliphatic carbocycles. The Labute approximate surface area is 131 Å². The predicted molar refractivity (Wildman–Crippen MR) is 82.0 cm³/mol. The van der Waals surface area contributed by atoms with Crippen LogP contribution in [0.25, 0.3) is 0 Å². The van der Waals surface area contributed by atoms with Crippen LogP contribution in [0.15, 0.2) is 30.3 Å². The number of carbonyl (C=O) groups is 2. The van der Waals surface area contributed by atoms with Crippen LogP contribution in [0.5, 0.6) is 0 Å². The molecular weight excluding hydrogens is 282 g/mol. The standard InChI is InChI=1S/C17H23NO4/c1-2-21-17(20)15-9-6-10-18(11-15)12-16(19)22-13-14-7-4-3-5-8-14/h3-5,7-8,15H,2,6,9-13H2,1H3/t15-/m1/s1. The lowest BCUT2D eigenvalue weighted by atomic mass is 9.98. The topological polar surface area (TPSA) is 55.8 Å². The van der Waals surface area contributed by atoms with Gasteiger partial charge in [-0.1, -0.05) is 30.3 Å². The molecule has 1 saturated heterocycles. The first kappa shape index (κ1) is 16.5. The molecule has 120 valence electrons. The lowest BCUT2D eigenvalue weighted by Crippen LogP contribution is -2.42. The number of nitrogens with zero attached hydrogens (tertiary/aromatic N) is 1. The molecule has 2 rings (SSSR count). The minimum Gasteiger partial charge on any atom is -0.466 e. The summed E-state index contributed by atoms with van der Waals surface area (Å²) in [4.78, 5) is 25.7. The molecule has 22 heavy (non-hydrogen) atoms. The number of hydrogen-bond donors (Lipinski definition) is 0. The van der Waals surface area contributed by atoms with E-state index < -0.39 is 0 Å². The quantitative estimate of drug-likeness (QED) is 0.753. The van der Waals surface area contributed by atoms with Crippen LogP contribution in [0.1, 0.15) is 25.3 Å². The average molecular weight is 305 g/mol. The second-order valence-electron chi connectivity index (χ2n) is 5.47. The Morgan fingerprint density at radius 1 is 1.23 bits per heavy atom. The summed E-state index contributed by atoms with van der Waals surface area (Å²) in [5.74, 6) is -0.547. The molecule has 1 fully saturated rings. The lowest BCUT2D eigenvalue weighted by molar-refractivity contribution is -0.153. The van der Waals surface area contributed by atoms with E-state index in [1.165, 1.54) is 0 Å². The number of rotatable bonds is 6. The van der Waals surface area contributed by atoms with E-state index in [9.17, 15) is 9.59 Å². The number of ether oxygens (including phenoxy) is 2. The van der Waals surface area contributed by atoms with Gasteiger partial charge in [-0.05, 0) is 31.9 Å². The van der Waals surface area contributed by atoms with Gasteiger partial charge in [-0.15, -0.1) is 0 Å². The molecule has 0 radical (unpaired) electrons. The summed E-state index contributed by atoms with van der Waals surface area (Å²) in [6.07, 6.45) is 1.73. The zero-order valence-corrected chi connectivity index (χ0v) is 13.0. The van der Waals surface area contributed by atoms with Crippen molar-refractivity contribution in [2.24, 2.45) is 5.92 Å². The third-order valence-electron chi connectivity index (χ3n) is 3.72. The van der Waals surface area contributed by atoms with Crippen LogP contribution in [0.2, 0.25) is 0 Å². The number of hydrogen-bond acceptors (Lipinski definition) is 5. The Balaban J connectivity index is 1.75. The summed E-state index contributed by atoms with van der Waals surface area (Å²) >= 11 is 0. The van der Waals surface area contributed by atoms with E-state index in [2.05, 4.69) is 0 Å². The maximum Gasteiger partial charge on any atom is 0.320 e. The highest BCUT2D eigenvalue weighted by atomic mass is 16.5. The molecule has 0 aromatic heterocycles. The fourth-order valence-corrected chi connectivity index (χ4v) is 2.62. The van der Waals surface area contributed by atoms with E-state index in [-0.39, 0.29) is 31.0 Å². The first-order chi connectivity index (χ1) is 10.7. The SMILES string of the molecule is CCOC(=O)[C@@H]1CCCN(CC(=O)OCc2ccccc2)C1. The van der Waals surface area contributed by atoms with Gasteiger partial charge in [0.05, 0.1) is 19.1 Å². The number of benzene rings is 1. The van der Waals surface area contributed by atoms with Crippen LogP contribution < -0.4 is 0 Å². The van der Waals surface area contributed by atoms with Crippen molar-refractivity contribution in [3.63, 3.8) is 0 Å². The van der Waals surface area contributed by atoms with Crippen LogP contribution in [0.3, 0.4) is 0 Å². The van der Waals surface area contributed by atoms with Gasteiger partial charge in [0, 0.05) is 6.54 Å². The summed E-state index contributed by atoms with van der Waals surface area (Å²) in [7, 11) is 0. The zero-order chi connectivity index (χ0) is 15.8. The molecule has 0 saturated carbocycles. The highest BCUT2D eigenvalue weighted by Gasteiger charge is 2.27. The zero-order valence-electron chi connectivity index (χ0n) is 13.0. The van der Waals surface area contributed by atoms with Crippen LogP contribution in [0, 0.1) is 5.92 Å². The highest BCUT2D eigenvalue weighted by molar-refractivity contribution is 5.74. The molecule has 0 amide bonds. The molecule has 0 spiro atoms. The van der Waals surface area contributed by atoms with Crippen LogP contribution >= 0.6 is 0 Å². The molecule has 5 nitrogen and oxygen atoms in total. The van der Waals surface area contributed by atoms with Gasteiger partial charge in [0.15, 0.2) is 0 Å². The average Bonchev–Trinajstić information content (AvgIpc) is 2.54. The summed E-state index contributed by atoms with van der Waals surface area (Å²) in [5, 5.41) is 0. The summed E-state index contributed by atoms with van der Waals surface area (Å²) < 4.78 is 10.3. The Morgan fingerprint density at radius 2 is 2.00 bits per heavy atom. The van der Waals surface area contributed by atoms with E-state index in [1.54, 1.807) is 6.92 Å². The second-order valence-corrected chi connectivity index (χ2v) is 5.47. The highest BCUT2D eigenvalue weighted by Crippen LogP contribution is 2.17. The number of piperidine rings is 1. The van der Waals surface area contributed by atoms with Gasteiger partial charge in [-0.25, -0.2) is 0 Å². The smallest absolute Gasteiger partial charge is 0.320 e. The van der Waals surface area contributed by atoms with Gasteiger partial charge in [-0.2, -0.15) is 0 Å². The van der Waals surface area contributed by atoms with Gasteiger partial charge in [0.2, 0.25) is 0 Å². The van der Waals surface area contributed by atoms with Crippen LogP contribution in [0.4, 0.5) is 0 Å². The van der Waals surface area contributed by atoms with Gasteiger partial charge in [0.25, 0.3) is 0 Å². The van der Waals surface area contributed by atoms with Gasteiger partial charge in [-0.3, -0.25) is 14.5 Å². The molecular formula is C17H23NO4. The van der Waals surface area contributed by atoms with E-state index in [1.807, 2.05) is 35.2 Å². The number of carbonyl (C=O) groups excluding carboxylic acids is 2. The van der Waals surface area contributed by atoms with E-state index in [0.29, 0.717) is 13.2 Å². The minimum absolute atomic E-state index is 0.129. The minimum atomic E-state index is -0.256. The lowest BCUT2D eigenvalue weighted by Gasteiger charge is -2.30. The third-order valence-corrected chi connectivity index (χ3v) is 3.72. The van der Waals surface area contributed by atoms with Crippen molar-refractivity contribution < 1.29 is 19.1 Å². The fourth-order valence-electron chi connectivity index (χ4n) is 2.62. The number of esters is 2. The molecule has 1 atom stereocenters. The third kappa shape index (κ3) is 5.15. The Morgan fingerprint density at radius 3 is 2.73 bits per heavy atom. The molecule has 0 N–H and O–H groups in total. The molecule has 1 heterocycles. The predicted octanol–water partition coefficient (Wildman–Crippen LogP) is 2.00. The molecule has 1 aromatic carbocycles. The van der Waals surface area contributed by atoms with Crippen molar-refractivity contribution in [2.75, 3.05) is 26.2 Å². The summed E-state index contributed by atoms with van der Waals surface area (Å²) in [6.45, 7) is 4.10. The Bertz CT molecular complexity index is 489. The van der Waals surface area contributed by atoms with Crippen molar-refractivity contribution in [2.45, 2.75) is 26.4 Å². The molecule has 1 aromatic rings. The fraction of sp³-hybridized carbons (Fsp3) is 0.529. The van der Waals surface area contributed by atoms with E-state index >= 15 is 0 Å². The van der Waals surface area contributed by atoms with Gasteiger partial charge >= 0.3 is 11.9 Å².